The monoisotopic (exact) mass is 183 g/mol. The van der Waals surface area contributed by atoms with E-state index in [1.54, 1.807) is 0 Å². The van der Waals surface area contributed by atoms with Crippen molar-refractivity contribution in [3.63, 3.8) is 0 Å². The lowest BCUT2D eigenvalue weighted by molar-refractivity contribution is 0.419. The van der Waals surface area contributed by atoms with Gasteiger partial charge in [-0.3, -0.25) is 0 Å². The molecule has 0 radical (unpaired) electrons. The van der Waals surface area contributed by atoms with Crippen molar-refractivity contribution in [3.8, 4) is 0 Å². The molecule has 0 aromatic carbocycles. The van der Waals surface area contributed by atoms with Gasteiger partial charge in [0.2, 0.25) is 0 Å². The minimum Gasteiger partial charge on any atom is -0.322 e. The Bertz CT molecular complexity index is 130. The molecule has 0 aliphatic heterocycles. The number of nitrogens with two attached hydrogens (primary N) is 1. The van der Waals surface area contributed by atoms with Crippen molar-refractivity contribution >= 4 is 0 Å². The van der Waals surface area contributed by atoms with Crippen LogP contribution in [0, 0.1) is 0 Å². The summed E-state index contributed by atoms with van der Waals surface area (Å²) in [4.78, 5) is 0. The van der Waals surface area contributed by atoms with Crippen LogP contribution in [0.2, 0.25) is 0 Å². The minimum atomic E-state index is -0.0270. The van der Waals surface area contributed by atoms with Gasteiger partial charge in [0.1, 0.15) is 0 Å². The lowest BCUT2D eigenvalue weighted by atomic mass is 9.88. The lowest BCUT2D eigenvalue weighted by Gasteiger charge is -2.25. The molecule has 0 fully saturated rings. The molecule has 1 heteroatoms. The van der Waals surface area contributed by atoms with E-state index >= 15 is 0 Å². The summed E-state index contributed by atoms with van der Waals surface area (Å²) in [5.74, 6) is 0. The molecule has 0 bridgehead atoms. The lowest BCUT2D eigenvalue weighted by Crippen LogP contribution is -2.37. The first-order valence-corrected chi connectivity index (χ1v) is 5.61. The molecule has 1 nitrogen and oxygen atoms in total. The van der Waals surface area contributed by atoms with Crippen LogP contribution in [0.1, 0.15) is 59.3 Å². The highest BCUT2D eigenvalue weighted by atomic mass is 14.7. The second kappa shape index (κ2) is 7.14. The van der Waals surface area contributed by atoms with Crippen LogP contribution in [-0.2, 0) is 0 Å². The molecule has 0 unspecified atom stereocenters. The summed E-state index contributed by atoms with van der Waals surface area (Å²) in [7, 11) is 0. The van der Waals surface area contributed by atoms with Crippen LogP contribution in [0.4, 0.5) is 0 Å². The summed E-state index contributed by atoms with van der Waals surface area (Å²) in [5, 5.41) is 0. The topological polar surface area (TPSA) is 26.0 Å². The fraction of sp³-hybridized carbons (Fsp3) is 0.833. The van der Waals surface area contributed by atoms with Crippen molar-refractivity contribution in [1.82, 2.24) is 0 Å². The molecule has 0 heterocycles. The van der Waals surface area contributed by atoms with Gasteiger partial charge in [-0.25, -0.2) is 0 Å². The molecule has 0 aliphatic carbocycles. The maximum atomic E-state index is 6.29. The van der Waals surface area contributed by atoms with Gasteiger partial charge < -0.3 is 5.73 Å². The summed E-state index contributed by atoms with van der Waals surface area (Å²) >= 11 is 0. The maximum absolute atomic E-state index is 6.29. The fourth-order valence-corrected chi connectivity index (χ4v) is 1.64. The van der Waals surface area contributed by atoms with Crippen LogP contribution in [0.3, 0.4) is 0 Å². The van der Waals surface area contributed by atoms with Gasteiger partial charge in [-0.1, -0.05) is 51.7 Å². The van der Waals surface area contributed by atoms with Gasteiger partial charge in [-0.05, 0) is 19.8 Å². The number of rotatable bonds is 7. The van der Waals surface area contributed by atoms with Gasteiger partial charge in [0, 0.05) is 5.54 Å². The molecule has 0 amide bonds. The van der Waals surface area contributed by atoms with E-state index in [9.17, 15) is 0 Å². The summed E-state index contributed by atoms with van der Waals surface area (Å²) < 4.78 is 0. The average Bonchev–Trinajstić information content (AvgIpc) is 2.12. The zero-order valence-corrected chi connectivity index (χ0v) is 9.47. The fourth-order valence-electron chi connectivity index (χ4n) is 1.64. The van der Waals surface area contributed by atoms with E-state index in [1.807, 2.05) is 0 Å². The predicted octanol–water partition coefficient (Wildman–Crippen LogP) is 3.64. The van der Waals surface area contributed by atoms with Crippen LogP contribution < -0.4 is 5.73 Å². The predicted molar refractivity (Wildman–Crippen MR) is 60.8 cm³/mol. The van der Waals surface area contributed by atoms with E-state index in [-0.39, 0.29) is 5.54 Å². The molecule has 0 aromatic heterocycles. The Balaban J connectivity index is 3.99. The molecule has 0 atom stereocenters. The maximum Gasteiger partial charge on any atom is 0.0339 e. The molecule has 0 aliphatic rings. The molecule has 2 N–H and O–H groups in total. The number of allylic oxidation sites excluding steroid dienone is 1. The van der Waals surface area contributed by atoms with Gasteiger partial charge in [0.25, 0.3) is 0 Å². The van der Waals surface area contributed by atoms with E-state index in [1.165, 1.54) is 25.7 Å². The van der Waals surface area contributed by atoms with E-state index < -0.39 is 0 Å². The average molecular weight is 183 g/mol. The Morgan fingerprint density at radius 3 is 1.85 bits per heavy atom. The van der Waals surface area contributed by atoms with Crippen molar-refractivity contribution in [1.29, 1.82) is 0 Å². The van der Waals surface area contributed by atoms with Crippen molar-refractivity contribution in [2.75, 3.05) is 0 Å². The Kier molecular flexibility index (Phi) is 6.97. The van der Waals surface area contributed by atoms with Crippen LogP contribution in [0.5, 0.6) is 0 Å². The molecule has 0 rings (SSSR count). The molecule has 0 saturated carbocycles. The van der Waals surface area contributed by atoms with E-state index in [4.69, 9.17) is 5.73 Å². The molecule has 13 heavy (non-hydrogen) atoms. The SMILES string of the molecule is CC=CC(N)(CCCC)CCCC. The normalized spacial score (nSPS) is 12.6. The Labute approximate surface area is 83.4 Å². The molecule has 0 saturated heterocycles. The first-order chi connectivity index (χ1) is 6.18. The molecular weight excluding hydrogens is 158 g/mol. The quantitative estimate of drug-likeness (QED) is 0.599. The third kappa shape index (κ3) is 5.87. The van der Waals surface area contributed by atoms with E-state index in [0.717, 1.165) is 12.8 Å². The molecule has 0 aromatic rings. The first-order valence-electron chi connectivity index (χ1n) is 5.61. The summed E-state index contributed by atoms with van der Waals surface area (Å²) in [6.07, 6.45) is 11.5. The largest absolute Gasteiger partial charge is 0.322 e. The Hall–Kier alpha value is -0.300. The van der Waals surface area contributed by atoms with Crippen LogP contribution in [-0.4, -0.2) is 5.54 Å². The van der Waals surface area contributed by atoms with Crippen molar-refractivity contribution < 1.29 is 0 Å². The third-order valence-corrected chi connectivity index (χ3v) is 2.49. The Morgan fingerprint density at radius 2 is 1.54 bits per heavy atom. The Morgan fingerprint density at radius 1 is 1.08 bits per heavy atom. The van der Waals surface area contributed by atoms with Gasteiger partial charge in [0.05, 0.1) is 0 Å². The van der Waals surface area contributed by atoms with Gasteiger partial charge in [-0.15, -0.1) is 0 Å². The van der Waals surface area contributed by atoms with E-state index in [0.29, 0.717) is 0 Å². The van der Waals surface area contributed by atoms with Crippen molar-refractivity contribution in [2.24, 2.45) is 5.73 Å². The highest BCUT2D eigenvalue weighted by Crippen LogP contribution is 2.20. The second-order valence-electron chi connectivity index (χ2n) is 3.94. The summed E-state index contributed by atoms with van der Waals surface area (Å²) in [6, 6.07) is 0. The number of hydrogen-bond donors (Lipinski definition) is 1. The number of unbranched alkanes of at least 4 members (excludes halogenated alkanes) is 2. The standard InChI is InChI=1S/C12H25N/c1-4-7-10-12(13,9-6-3)11-8-5-2/h6,9H,4-5,7-8,10-11,13H2,1-3H3. The molecule has 78 valence electrons. The minimum absolute atomic E-state index is 0.0270. The van der Waals surface area contributed by atoms with Gasteiger partial charge in [-0.2, -0.15) is 0 Å². The zero-order valence-electron chi connectivity index (χ0n) is 9.47. The zero-order chi connectivity index (χ0) is 10.2. The molecule has 0 spiro atoms. The van der Waals surface area contributed by atoms with Crippen molar-refractivity contribution in [3.05, 3.63) is 12.2 Å². The highest BCUT2D eigenvalue weighted by Gasteiger charge is 2.19. The first kappa shape index (κ1) is 12.7. The van der Waals surface area contributed by atoms with E-state index in [2.05, 4.69) is 32.9 Å². The highest BCUT2D eigenvalue weighted by molar-refractivity contribution is 5.03. The summed E-state index contributed by atoms with van der Waals surface area (Å²) in [6.45, 7) is 6.49. The second-order valence-corrected chi connectivity index (χ2v) is 3.94. The third-order valence-electron chi connectivity index (χ3n) is 2.49. The smallest absolute Gasteiger partial charge is 0.0339 e. The van der Waals surface area contributed by atoms with Gasteiger partial charge >= 0.3 is 0 Å². The van der Waals surface area contributed by atoms with Crippen molar-refractivity contribution in [2.45, 2.75) is 64.8 Å². The molecular formula is C12H25N. The number of hydrogen-bond acceptors (Lipinski definition) is 1. The van der Waals surface area contributed by atoms with Crippen LogP contribution in [0.15, 0.2) is 12.2 Å². The van der Waals surface area contributed by atoms with Crippen LogP contribution >= 0.6 is 0 Å². The van der Waals surface area contributed by atoms with Crippen LogP contribution in [0.25, 0.3) is 0 Å². The van der Waals surface area contributed by atoms with Gasteiger partial charge in [0.15, 0.2) is 0 Å². The summed E-state index contributed by atoms with van der Waals surface area (Å²) in [5.41, 5.74) is 6.27.